The Morgan fingerprint density at radius 3 is 2.69 bits per heavy atom. The van der Waals surface area contributed by atoms with Gasteiger partial charge in [-0.05, 0) is 31.7 Å². The van der Waals surface area contributed by atoms with Gasteiger partial charge in [-0.3, -0.25) is 4.90 Å². The van der Waals surface area contributed by atoms with Gasteiger partial charge in [-0.15, -0.1) is 0 Å². The van der Waals surface area contributed by atoms with Gasteiger partial charge in [0.05, 0.1) is 0 Å². The van der Waals surface area contributed by atoms with E-state index >= 15 is 0 Å². The highest BCUT2D eigenvalue weighted by atomic mass is 32.1. The molecular weight excluding hydrogens is 200 g/mol. The number of rotatable bonds is 1. The summed E-state index contributed by atoms with van der Waals surface area (Å²) >= 11 is 0. The molecule has 2 fully saturated rings. The molecule has 0 spiro atoms. The summed E-state index contributed by atoms with van der Waals surface area (Å²) in [5, 5.41) is 0. The molecule has 2 aliphatic heterocycles. The average molecular weight is 222 g/mol. The Bertz CT molecular complexity index is 166. The van der Waals surface area contributed by atoms with Crippen molar-refractivity contribution in [3.05, 3.63) is 0 Å². The van der Waals surface area contributed by atoms with Crippen LogP contribution in [-0.2, 0) is 0 Å². The molecule has 2 atom stereocenters. The second-order valence-corrected chi connectivity index (χ2v) is 4.29. The van der Waals surface area contributed by atoms with Crippen LogP contribution < -0.4 is 5.73 Å². The zero-order valence-electron chi connectivity index (χ0n) is 8.34. The summed E-state index contributed by atoms with van der Waals surface area (Å²) in [6, 6.07) is 0. The molecule has 0 bridgehead atoms. The number of fused-ring (bicyclic) bond motifs is 1. The second kappa shape index (κ2) is 4.91. The average Bonchev–Trinajstić information content (AvgIpc) is 2.43. The largest absolute Gasteiger partial charge is 0.329 e. The second-order valence-electron chi connectivity index (χ2n) is 4.29. The first-order chi connectivity index (χ1) is 5.27. The van der Waals surface area contributed by atoms with Crippen molar-refractivity contribution in [3.8, 4) is 0 Å². The summed E-state index contributed by atoms with van der Waals surface area (Å²) in [5.41, 5.74) is 6.26. The van der Waals surface area contributed by atoms with Crippen LogP contribution in [0, 0.1) is 5.92 Å². The Balaban J connectivity index is 0.000000720. The van der Waals surface area contributed by atoms with Crippen LogP contribution in [0.25, 0.3) is 0 Å². The maximum absolute atomic E-state index is 5.83. The van der Waals surface area contributed by atoms with Gasteiger partial charge in [-0.1, -0.05) is 6.92 Å². The molecule has 0 unspecified atom stereocenters. The molecule has 2 nitrogen and oxygen atoms in total. The zero-order valence-corrected chi connectivity index (χ0v) is 10.3. The third-order valence-corrected chi connectivity index (χ3v) is 3.38. The van der Waals surface area contributed by atoms with Crippen molar-refractivity contribution in [1.29, 1.82) is 0 Å². The lowest BCUT2D eigenvalue weighted by Gasteiger charge is -2.30. The van der Waals surface area contributed by atoms with Gasteiger partial charge in [0.1, 0.15) is 0 Å². The number of hydrogen-bond acceptors (Lipinski definition) is 2. The lowest BCUT2D eigenvalue weighted by Crippen LogP contribution is -2.44. The van der Waals surface area contributed by atoms with Crippen LogP contribution >= 0.6 is 27.0 Å². The molecular formula is C9H22N2S2. The third kappa shape index (κ3) is 2.17. The van der Waals surface area contributed by atoms with Crippen LogP contribution in [-0.4, -0.2) is 30.1 Å². The first-order valence-electron chi connectivity index (χ1n) is 4.72. The van der Waals surface area contributed by atoms with Gasteiger partial charge in [0.25, 0.3) is 0 Å². The molecule has 0 saturated carbocycles. The Kier molecular flexibility index (Phi) is 5.15. The van der Waals surface area contributed by atoms with E-state index in [9.17, 15) is 0 Å². The van der Waals surface area contributed by atoms with Crippen molar-refractivity contribution < 1.29 is 0 Å². The predicted molar refractivity (Wildman–Crippen MR) is 67.1 cm³/mol. The standard InChI is InChI=1S/C9H18N2.2H2S/c1-8-5-9(7-10)3-2-4-11(9)6-8;;/h8H,2-7,10H2,1H3;2*1H2/t8-,9-;;/m0../s1. The van der Waals surface area contributed by atoms with Crippen molar-refractivity contribution in [3.63, 3.8) is 0 Å². The number of nitrogens with two attached hydrogens (primary N) is 1. The van der Waals surface area contributed by atoms with Gasteiger partial charge in [-0.2, -0.15) is 27.0 Å². The van der Waals surface area contributed by atoms with Crippen molar-refractivity contribution >= 4 is 27.0 Å². The minimum atomic E-state index is 0. The smallest absolute Gasteiger partial charge is 0.0335 e. The molecule has 0 amide bonds. The molecule has 4 heteroatoms. The van der Waals surface area contributed by atoms with E-state index in [-0.39, 0.29) is 27.0 Å². The fourth-order valence-electron chi connectivity index (χ4n) is 2.91. The monoisotopic (exact) mass is 222 g/mol. The highest BCUT2D eigenvalue weighted by molar-refractivity contribution is 7.59. The molecule has 2 heterocycles. The topological polar surface area (TPSA) is 29.3 Å². The van der Waals surface area contributed by atoms with Gasteiger partial charge in [-0.25, -0.2) is 0 Å². The van der Waals surface area contributed by atoms with Crippen LogP contribution in [0.1, 0.15) is 26.2 Å². The number of hydrogen-bond donors (Lipinski definition) is 1. The van der Waals surface area contributed by atoms with E-state index < -0.39 is 0 Å². The summed E-state index contributed by atoms with van der Waals surface area (Å²) in [6.07, 6.45) is 4.04. The molecule has 2 N–H and O–H groups in total. The predicted octanol–water partition coefficient (Wildman–Crippen LogP) is 1.05. The molecule has 2 rings (SSSR count). The van der Waals surface area contributed by atoms with E-state index in [2.05, 4.69) is 11.8 Å². The van der Waals surface area contributed by atoms with Gasteiger partial charge >= 0.3 is 0 Å². The minimum Gasteiger partial charge on any atom is -0.329 e. The lowest BCUT2D eigenvalue weighted by atomic mass is 9.91. The van der Waals surface area contributed by atoms with Crippen molar-refractivity contribution in [1.82, 2.24) is 4.90 Å². The maximum atomic E-state index is 5.83. The number of nitrogens with zero attached hydrogens (tertiary/aromatic N) is 1. The van der Waals surface area contributed by atoms with Crippen molar-refractivity contribution in [2.75, 3.05) is 19.6 Å². The summed E-state index contributed by atoms with van der Waals surface area (Å²) in [6.45, 7) is 5.80. The summed E-state index contributed by atoms with van der Waals surface area (Å²) in [4.78, 5) is 2.61. The van der Waals surface area contributed by atoms with Gasteiger partial charge < -0.3 is 5.73 Å². The Morgan fingerprint density at radius 2 is 2.15 bits per heavy atom. The molecule has 0 aromatic rings. The normalized spacial score (nSPS) is 37.8. The fourth-order valence-corrected chi connectivity index (χ4v) is 2.91. The van der Waals surface area contributed by atoms with Crippen molar-refractivity contribution in [2.24, 2.45) is 11.7 Å². The van der Waals surface area contributed by atoms with Gasteiger partial charge in [0.2, 0.25) is 0 Å². The Hall–Kier alpha value is 0.620. The SMILES string of the molecule is C[C@@H]1CN2CCC[C@@]2(CN)C1.S.S. The molecule has 0 aromatic heterocycles. The highest BCUT2D eigenvalue weighted by Gasteiger charge is 2.45. The molecule has 2 aliphatic rings. The summed E-state index contributed by atoms with van der Waals surface area (Å²) in [7, 11) is 0. The summed E-state index contributed by atoms with van der Waals surface area (Å²) < 4.78 is 0. The minimum absolute atomic E-state index is 0. The Morgan fingerprint density at radius 1 is 1.46 bits per heavy atom. The first kappa shape index (κ1) is 13.6. The fraction of sp³-hybridized carbons (Fsp3) is 1.00. The lowest BCUT2D eigenvalue weighted by molar-refractivity contribution is 0.204. The Labute approximate surface area is 95.1 Å². The van der Waals surface area contributed by atoms with Crippen LogP contribution in [0.3, 0.4) is 0 Å². The zero-order chi connectivity index (χ0) is 7.90. The van der Waals surface area contributed by atoms with E-state index in [1.54, 1.807) is 0 Å². The van der Waals surface area contributed by atoms with E-state index in [4.69, 9.17) is 5.73 Å². The van der Waals surface area contributed by atoms with Crippen LogP contribution in [0.4, 0.5) is 0 Å². The van der Waals surface area contributed by atoms with E-state index in [0.717, 1.165) is 12.5 Å². The molecule has 0 aromatic carbocycles. The van der Waals surface area contributed by atoms with E-state index in [1.165, 1.54) is 32.4 Å². The molecule has 2 saturated heterocycles. The summed E-state index contributed by atoms with van der Waals surface area (Å²) in [5.74, 6) is 0.874. The van der Waals surface area contributed by atoms with Crippen LogP contribution in [0.2, 0.25) is 0 Å². The molecule has 13 heavy (non-hydrogen) atoms. The van der Waals surface area contributed by atoms with Crippen LogP contribution in [0.5, 0.6) is 0 Å². The maximum Gasteiger partial charge on any atom is 0.0335 e. The third-order valence-electron chi connectivity index (χ3n) is 3.38. The van der Waals surface area contributed by atoms with E-state index in [1.807, 2.05) is 0 Å². The first-order valence-corrected chi connectivity index (χ1v) is 4.72. The molecule has 0 aliphatic carbocycles. The van der Waals surface area contributed by atoms with E-state index in [0.29, 0.717) is 5.54 Å². The van der Waals surface area contributed by atoms with Gasteiger partial charge in [0.15, 0.2) is 0 Å². The van der Waals surface area contributed by atoms with Gasteiger partial charge in [0, 0.05) is 18.6 Å². The molecule has 80 valence electrons. The van der Waals surface area contributed by atoms with Crippen molar-refractivity contribution in [2.45, 2.75) is 31.7 Å². The van der Waals surface area contributed by atoms with Crippen LogP contribution in [0.15, 0.2) is 0 Å². The highest BCUT2D eigenvalue weighted by Crippen LogP contribution is 2.40. The quantitative estimate of drug-likeness (QED) is 0.718. The molecule has 0 radical (unpaired) electrons.